The topological polar surface area (TPSA) is 73.9 Å². The summed E-state index contributed by atoms with van der Waals surface area (Å²) in [5, 5.41) is 8.68. The summed E-state index contributed by atoms with van der Waals surface area (Å²) in [6, 6.07) is 0. The Labute approximate surface area is 88.8 Å². The number of hydrogen-bond donors (Lipinski definition) is 2. The summed E-state index contributed by atoms with van der Waals surface area (Å²) < 4.78 is 16.6. The fourth-order valence-corrected chi connectivity index (χ4v) is 2.01. The number of aliphatic hydroxyl groups is 1. The highest BCUT2D eigenvalue weighted by Gasteiger charge is 2.53. The molecule has 1 aliphatic heterocycles. The molecule has 0 bridgehead atoms. The Morgan fingerprint density at radius 1 is 1.53 bits per heavy atom. The van der Waals surface area contributed by atoms with E-state index in [1.54, 1.807) is 0 Å². The summed E-state index contributed by atoms with van der Waals surface area (Å²) in [5.41, 5.74) is 5.22. The fourth-order valence-electron chi connectivity index (χ4n) is 2.01. The first-order chi connectivity index (χ1) is 6.97. The van der Waals surface area contributed by atoms with Gasteiger partial charge in [0.1, 0.15) is 12.4 Å². The summed E-state index contributed by atoms with van der Waals surface area (Å²) in [7, 11) is 0. The average Bonchev–Trinajstić information content (AvgIpc) is 2.51. The molecule has 86 valence electrons. The van der Waals surface area contributed by atoms with Crippen molar-refractivity contribution in [1.29, 1.82) is 0 Å². The van der Waals surface area contributed by atoms with Crippen LogP contribution in [0.15, 0.2) is 11.5 Å². The van der Waals surface area contributed by atoms with E-state index in [0.717, 1.165) is 0 Å². The number of hydrogen-bond acceptors (Lipinski definition) is 5. The van der Waals surface area contributed by atoms with Crippen LogP contribution in [-0.2, 0) is 14.2 Å². The maximum absolute atomic E-state index is 8.68. The number of ether oxygens (including phenoxy) is 3. The Kier molecular flexibility index (Phi) is 2.41. The first-order valence-electron chi connectivity index (χ1n) is 5.12. The molecular weight excluding hydrogens is 198 g/mol. The SMILES string of the molecule is CC1(C)OC2=C(OCCO)CCC2(N)O1. The van der Waals surface area contributed by atoms with Gasteiger partial charge in [-0.3, -0.25) is 5.73 Å². The molecule has 1 unspecified atom stereocenters. The van der Waals surface area contributed by atoms with Crippen LogP contribution in [0.5, 0.6) is 0 Å². The van der Waals surface area contributed by atoms with Gasteiger partial charge in [-0.15, -0.1) is 0 Å². The van der Waals surface area contributed by atoms with Gasteiger partial charge in [-0.05, 0) is 0 Å². The molecule has 5 nitrogen and oxygen atoms in total. The first-order valence-corrected chi connectivity index (χ1v) is 5.12. The van der Waals surface area contributed by atoms with E-state index in [0.29, 0.717) is 24.4 Å². The van der Waals surface area contributed by atoms with Gasteiger partial charge in [-0.25, -0.2) is 0 Å². The highest BCUT2D eigenvalue weighted by atomic mass is 16.8. The van der Waals surface area contributed by atoms with Gasteiger partial charge < -0.3 is 19.3 Å². The monoisotopic (exact) mass is 215 g/mol. The zero-order valence-electron chi connectivity index (χ0n) is 9.08. The van der Waals surface area contributed by atoms with Crippen LogP contribution in [0.2, 0.25) is 0 Å². The Bertz CT molecular complexity index is 300. The van der Waals surface area contributed by atoms with Gasteiger partial charge in [-0.1, -0.05) is 0 Å². The van der Waals surface area contributed by atoms with Crippen molar-refractivity contribution >= 4 is 0 Å². The molecule has 2 rings (SSSR count). The Hall–Kier alpha value is -0.780. The van der Waals surface area contributed by atoms with Gasteiger partial charge in [0.2, 0.25) is 5.79 Å². The molecule has 2 aliphatic rings. The lowest BCUT2D eigenvalue weighted by molar-refractivity contribution is -0.161. The van der Waals surface area contributed by atoms with Crippen molar-refractivity contribution in [1.82, 2.24) is 0 Å². The quantitative estimate of drug-likeness (QED) is 0.714. The first kappa shape index (κ1) is 10.7. The zero-order valence-corrected chi connectivity index (χ0v) is 9.08. The lowest BCUT2D eigenvalue weighted by atomic mass is 10.2. The van der Waals surface area contributed by atoms with Crippen molar-refractivity contribution in [2.24, 2.45) is 5.73 Å². The van der Waals surface area contributed by atoms with Crippen LogP contribution in [0.1, 0.15) is 26.7 Å². The van der Waals surface area contributed by atoms with Gasteiger partial charge >= 0.3 is 0 Å². The van der Waals surface area contributed by atoms with Crippen molar-refractivity contribution in [3.8, 4) is 0 Å². The third-order valence-electron chi connectivity index (χ3n) is 2.50. The highest BCUT2D eigenvalue weighted by Crippen LogP contribution is 2.46. The maximum Gasteiger partial charge on any atom is 0.207 e. The number of nitrogens with two attached hydrogens (primary N) is 1. The van der Waals surface area contributed by atoms with E-state index < -0.39 is 11.5 Å². The maximum atomic E-state index is 8.68. The van der Waals surface area contributed by atoms with Crippen LogP contribution in [-0.4, -0.2) is 29.8 Å². The van der Waals surface area contributed by atoms with E-state index in [1.165, 1.54) is 0 Å². The van der Waals surface area contributed by atoms with Crippen LogP contribution in [0.3, 0.4) is 0 Å². The minimum Gasteiger partial charge on any atom is -0.492 e. The van der Waals surface area contributed by atoms with E-state index in [2.05, 4.69) is 0 Å². The molecule has 0 spiro atoms. The van der Waals surface area contributed by atoms with Crippen molar-refractivity contribution in [3.63, 3.8) is 0 Å². The van der Waals surface area contributed by atoms with Gasteiger partial charge in [-0.2, -0.15) is 0 Å². The van der Waals surface area contributed by atoms with Crippen molar-refractivity contribution in [2.75, 3.05) is 13.2 Å². The van der Waals surface area contributed by atoms with Crippen molar-refractivity contribution in [2.45, 2.75) is 38.2 Å². The third kappa shape index (κ3) is 1.82. The summed E-state index contributed by atoms with van der Waals surface area (Å²) >= 11 is 0. The van der Waals surface area contributed by atoms with Gasteiger partial charge in [0.25, 0.3) is 0 Å². The summed E-state index contributed by atoms with van der Waals surface area (Å²) in [6.07, 6.45) is 1.36. The van der Waals surface area contributed by atoms with Crippen LogP contribution >= 0.6 is 0 Å². The molecule has 3 N–H and O–H groups in total. The molecule has 1 aliphatic carbocycles. The van der Waals surface area contributed by atoms with Crippen LogP contribution in [0.4, 0.5) is 0 Å². The van der Waals surface area contributed by atoms with Gasteiger partial charge in [0.05, 0.1) is 6.61 Å². The lowest BCUT2D eigenvalue weighted by Crippen LogP contribution is -2.40. The molecule has 0 aromatic rings. The Morgan fingerprint density at radius 3 is 2.93 bits per heavy atom. The lowest BCUT2D eigenvalue weighted by Gasteiger charge is -2.20. The van der Waals surface area contributed by atoms with Gasteiger partial charge in [0, 0.05) is 26.7 Å². The normalized spacial score (nSPS) is 32.8. The third-order valence-corrected chi connectivity index (χ3v) is 2.50. The molecule has 1 heterocycles. The van der Waals surface area contributed by atoms with E-state index in [9.17, 15) is 0 Å². The zero-order chi connectivity index (χ0) is 11.1. The number of allylic oxidation sites excluding steroid dienone is 1. The molecular formula is C10H17NO4. The van der Waals surface area contributed by atoms with E-state index in [-0.39, 0.29) is 13.2 Å². The highest BCUT2D eigenvalue weighted by molar-refractivity contribution is 5.23. The standard InChI is InChI=1S/C10H17NO4/c1-9(2)14-8-7(13-6-5-12)3-4-10(8,11)15-9/h12H,3-6,11H2,1-2H3. The summed E-state index contributed by atoms with van der Waals surface area (Å²) in [4.78, 5) is 0. The Morgan fingerprint density at radius 2 is 2.27 bits per heavy atom. The minimum absolute atomic E-state index is 0.0153. The largest absolute Gasteiger partial charge is 0.492 e. The van der Waals surface area contributed by atoms with Crippen LogP contribution < -0.4 is 5.73 Å². The van der Waals surface area contributed by atoms with E-state index in [1.807, 2.05) is 13.8 Å². The van der Waals surface area contributed by atoms with Crippen LogP contribution in [0.25, 0.3) is 0 Å². The van der Waals surface area contributed by atoms with Crippen molar-refractivity contribution < 1.29 is 19.3 Å². The second-order valence-electron chi connectivity index (χ2n) is 4.32. The summed E-state index contributed by atoms with van der Waals surface area (Å²) in [5.74, 6) is 0.594. The van der Waals surface area contributed by atoms with Crippen molar-refractivity contribution in [3.05, 3.63) is 11.5 Å². The Balaban J connectivity index is 2.18. The second-order valence-corrected chi connectivity index (χ2v) is 4.32. The minimum atomic E-state index is -0.839. The molecule has 0 radical (unpaired) electrons. The molecule has 0 aromatic carbocycles. The average molecular weight is 215 g/mol. The number of rotatable bonds is 3. The molecule has 1 saturated heterocycles. The molecule has 0 amide bonds. The van der Waals surface area contributed by atoms with Gasteiger partial charge in [0.15, 0.2) is 11.5 Å². The predicted octanol–water partition coefficient (Wildman–Crippen LogP) is 0.439. The number of aliphatic hydroxyl groups excluding tert-OH is 1. The molecule has 0 saturated carbocycles. The van der Waals surface area contributed by atoms with E-state index in [4.69, 9.17) is 25.1 Å². The molecule has 5 heteroatoms. The molecule has 1 atom stereocenters. The number of fused-ring (bicyclic) bond motifs is 1. The van der Waals surface area contributed by atoms with Crippen LogP contribution in [0, 0.1) is 0 Å². The molecule has 15 heavy (non-hydrogen) atoms. The summed E-state index contributed by atoms with van der Waals surface area (Å²) in [6.45, 7) is 3.88. The molecule has 0 aromatic heterocycles. The van der Waals surface area contributed by atoms with E-state index >= 15 is 0 Å². The smallest absolute Gasteiger partial charge is 0.207 e. The second kappa shape index (κ2) is 3.37. The molecule has 1 fully saturated rings. The fraction of sp³-hybridized carbons (Fsp3) is 0.800. The predicted molar refractivity (Wildman–Crippen MR) is 52.5 cm³/mol.